The molecule has 0 atom stereocenters. The number of rotatable bonds is 8. The van der Waals surface area contributed by atoms with Gasteiger partial charge in [-0.1, -0.05) is 12.1 Å². The van der Waals surface area contributed by atoms with Crippen molar-refractivity contribution < 1.29 is 24.2 Å². The lowest BCUT2D eigenvalue weighted by Gasteiger charge is -2.15. The van der Waals surface area contributed by atoms with Gasteiger partial charge in [-0.2, -0.15) is 0 Å². The summed E-state index contributed by atoms with van der Waals surface area (Å²) in [7, 11) is 2.95. The minimum Gasteiger partial charge on any atom is -0.493 e. The molecule has 0 radical (unpaired) electrons. The Morgan fingerprint density at radius 1 is 1.03 bits per heavy atom. The van der Waals surface area contributed by atoms with Crippen LogP contribution < -0.4 is 9.47 Å². The summed E-state index contributed by atoms with van der Waals surface area (Å²) in [5, 5.41) is 9.69. The molecule has 3 rings (SSSR count). The van der Waals surface area contributed by atoms with Crippen LogP contribution in [0.25, 0.3) is 11.3 Å². The summed E-state index contributed by atoms with van der Waals surface area (Å²) in [5.74, 6) is 0.451. The highest BCUT2D eigenvalue weighted by atomic mass is 16.5. The summed E-state index contributed by atoms with van der Waals surface area (Å²) >= 11 is 0. The lowest BCUT2D eigenvalue weighted by Crippen LogP contribution is -2.10. The van der Waals surface area contributed by atoms with Gasteiger partial charge in [0.15, 0.2) is 17.3 Å². The number of methoxy groups -OCH3 is 2. The zero-order valence-electron chi connectivity index (χ0n) is 16.6. The first-order valence-corrected chi connectivity index (χ1v) is 9.15. The third-order valence-electron chi connectivity index (χ3n) is 4.69. The van der Waals surface area contributed by atoms with E-state index in [1.807, 2.05) is 24.4 Å². The van der Waals surface area contributed by atoms with Crippen LogP contribution in [0.15, 0.2) is 48.7 Å². The predicted molar refractivity (Wildman–Crippen MR) is 110 cm³/mol. The standard InChI is InChI=1S/C23H23NO5/c1-14(26)9-15-6-7-16(20-5-4-8-24-20)11-19(15)22(27)17-10-18(13-25)23(29-3)21(12-17)28-2/h4-8,10-12,24-25H,9,13H2,1-3H3. The van der Waals surface area contributed by atoms with E-state index < -0.39 is 0 Å². The summed E-state index contributed by atoms with van der Waals surface area (Å²) in [4.78, 5) is 28.3. The Kier molecular flexibility index (Phi) is 6.14. The van der Waals surface area contributed by atoms with E-state index in [-0.39, 0.29) is 24.6 Å². The van der Waals surface area contributed by atoms with Crippen LogP contribution in [-0.4, -0.2) is 35.9 Å². The van der Waals surface area contributed by atoms with Crippen molar-refractivity contribution in [3.05, 3.63) is 70.9 Å². The number of aliphatic hydroxyl groups is 1. The van der Waals surface area contributed by atoms with Gasteiger partial charge in [-0.25, -0.2) is 0 Å². The summed E-state index contributed by atoms with van der Waals surface area (Å²) in [6, 6.07) is 12.4. The Balaban J connectivity index is 2.14. The zero-order chi connectivity index (χ0) is 21.0. The zero-order valence-corrected chi connectivity index (χ0v) is 16.6. The minimum atomic E-state index is -0.302. The molecule has 29 heavy (non-hydrogen) atoms. The van der Waals surface area contributed by atoms with Crippen LogP contribution in [0.5, 0.6) is 11.5 Å². The van der Waals surface area contributed by atoms with Crippen LogP contribution in [0.3, 0.4) is 0 Å². The second-order valence-corrected chi connectivity index (χ2v) is 6.69. The van der Waals surface area contributed by atoms with Crippen molar-refractivity contribution in [1.29, 1.82) is 0 Å². The molecule has 0 aliphatic heterocycles. The van der Waals surface area contributed by atoms with E-state index in [9.17, 15) is 14.7 Å². The van der Waals surface area contributed by atoms with E-state index in [0.717, 1.165) is 11.3 Å². The second kappa shape index (κ2) is 8.75. The Hall–Kier alpha value is -3.38. The fourth-order valence-corrected chi connectivity index (χ4v) is 3.33. The van der Waals surface area contributed by atoms with E-state index in [1.54, 1.807) is 24.3 Å². The van der Waals surface area contributed by atoms with Crippen molar-refractivity contribution in [3.63, 3.8) is 0 Å². The molecule has 0 bridgehead atoms. The third-order valence-corrected chi connectivity index (χ3v) is 4.69. The van der Waals surface area contributed by atoms with Crippen molar-refractivity contribution >= 4 is 11.6 Å². The fraction of sp³-hybridized carbons (Fsp3) is 0.217. The molecule has 150 valence electrons. The summed E-state index contributed by atoms with van der Waals surface area (Å²) in [6.45, 7) is 1.19. The summed E-state index contributed by atoms with van der Waals surface area (Å²) < 4.78 is 10.6. The first-order valence-electron chi connectivity index (χ1n) is 9.15. The molecule has 0 aliphatic rings. The Labute approximate surface area is 169 Å². The smallest absolute Gasteiger partial charge is 0.193 e. The van der Waals surface area contributed by atoms with Crippen LogP contribution in [0, 0.1) is 0 Å². The van der Waals surface area contributed by atoms with Crippen molar-refractivity contribution in [2.24, 2.45) is 0 Å². The number of aliphatic hydroxyl groups excluding tert-OH is 1. The number of aromatic amines is 1. The Morgan fingerprint density at radius 2 is 1.83 bits per heavy atom. The highest BCUT2D eigenvalue weighted by molar-refractivity contribution is 6.11. The van der Waals surface area contributed by atoms with Crippen LogP contribution >= 0.6 is 0 Å². The number of carbonyl (C=O) groups is 2. The number of Topliss-reactive ketones (excluding diaryl/α,β-unsaturated/α-hetero) is 1. The van der Waals surface area contributed by atoms with Gasteiger partial charge in [0.05, 0.1) is 20.8 Å². The number of aromatic nitrogens is 1. The molecule has 6 heteroatoms. The van der Waals surface area contributed by atoms with Gasteiger partial charge < -0.3 is 19.6 Å². The number of hydrogen-bond donors (Lipinski definition) is 2. The third kappa shape index (κ3) is 4.22. The molecular formula is C23H23NO5. The predicted octanol–water partition coefficient (Wildman–Crippen LogP) is 3.55. The number of ketones is 2. The quantitative estimate of drug-likeness (QED) is 0.572. The van der Waals surface area contributed by atoms with E-state index >= 15 is 0 Å². The highest BCUT2D eigenvalue weighted by Crippen LogP contribution is 2.34. The van der Waals surface area contributed by atoms with Gasteiger partial charge in [-0.05, 0) is 48.4 Å². The molecule has 0 saturated carbocycles. The molecule has 6 nitrogen and oxygen atoms in total. The van der Waals surface area contributed by atoms with Gasteiger partial charge in [0.1, 0.15) is 5.78 Å². The summed E-state index contributed by atoms with van der Waals surface area (Å²) in [6.07, 6.45) is 1.97. The number of H-pyrrole nitrogens is 1. The van der Waals surface area contributed by atoms with Gasteiger partial charge in [-0.3, -0.25) is 9.59 Å². The van der Waals surface area contributed by atoms with E-state index in [4.69, 9.17) is 9.47 Å². The van der Waals surface area contributed by atoms with Gasteiger partial charge >= 0.3 is 0 Å². The van der Waals surface area contributed by atoms with Crippen molar-refractivity contribution in [3.8, 4) is 22.8 Å². The SMILES string of the molecule is COc1cc(C(=O)c2cc(-c3ccc[nH]3)ccc2CC(C)=O)cc(CO)c1OC. The largest absolute Gasteiger partial charge is 0.493 e. The van der Waals surface area contributed by atoms with Gasteiger partial charge in [0.25, 0.3) is 0 Å². The number of carbonyl (C=O) groups excluding carboxylic acids is 2. The molecule has 2 aromatic carbocycles. The van der Waals surface area contributed by atoms with Gasteiger partial charge in [0.2, 0.25) is 0 Å². The summed E-state index contributed by atoms with van der Waals surface area (Å²) in [5.41, 5.74) is 3.59. The Morgan fingerprint density at radius 3 is 2.41 bits per heavy atom. The second-order valence-electron chi connectivity index (χ2n) is 6.69. The average Bonchev–Trinajstić information content (AvgIpc) is 3.26. The molecule has 3 aromatic rings. The number of hydrogen-bond acceptors (Lipinski definition) is 5. The lowest BCUT2D eigenvalue weighted by atomic mass is 9.92. The molecule has 0 saturated heterocycles. The van der Waals surface area contributed by atoms with Crippen molar-refractivity contribution in [1.82, 2.24) is 4.98 Å². The van der Waals surface area contributed by atoms with E-state index in [2.05, 4.69) is 4.98 Å². The highest BCUT2D eigenvalue weighted by Gasteiger charge is 2.20. The van der Waals surface area contributed by atoms with Crippen LogP contribution in [0.2, 0.25) is 0 Å². The van der Waals surface area contributed by atoms with Crippen LogP contribution in [0.1, 0.15) is 34.0 Å². The fourth-order valence-electron chi connectivity index (χ4n) is 3.33. The monoisotopic (exact) mass is 393 g/mol. The number of benzene rings is 2. The first kappa shape index (κ1) is 20.4. The van der Waals surface area contributed by atoms with Crippen LogP contribution in [-0.2, 0) is 17.8 Å². The molecule has 2 N–H and O–H groups in total. The maximum absolute atomic E-state index is 13.4. The first-order chi connectivity index (χ1) is 14.0. The average molecular weight is 393 g/mol. The maximum atomic E-state index is 13.4. The van der Waals surface area contributed by atoms with E-state index in [1.165, 1.54) is 21.1 Å². The van der Waals surface area contributed by atoms with Crippen molar-refractivity contribution in [2.45, 2.75) is 20.0 Å². The molecule has 0 aliphatic carbocycles. The molecule has 0 amide bonds. The van der Waals surface area contributed by atoms with Gasteiger partial charge in [0, 0.05) is 35.0 Å². The topological polar surface area (TPSA) is 88.6 Å². The molecule has 1 heterocycles. The normalized spacial score (nSPS) is 10.6. The molecular weight excluding hydrogens is 370 g/mol. The van der Waals surface area contributed by atoms with Crippen LogP contribution in [0.4, 0.5) is 0 Å². The molecule has 1 aromatic heterocycles. The van der Waals surface area contributed by atoms with Gasteiger partial charge in [-0.15, -0.1) is 0 Å². The number of nitrogens with one attached hydrogen (secondary N) is 1. The minimum absolute atomic E-state index is 0.0324. The van der Waals surface area contributed by atoms with E-state index in [0.29, 0.717) is 33.8 Å². The maximum Gasteiger partial charge on any atom is 0.193 e. The molecule has 0 unspecified atom stereocenters. The number of ether oxygens (including phenoxy) is 2. The van der Waals surface area contributed by atoms with Crippen molar-refractivity contribution in [2.75, 3.05) is 14.2 Å². The lowest BCUT2D eigenvalue weighted by molar-refractivity contribution is -0.116. The Bertz CT molecular complexity index is 1010. The molecule has 0 spiro atoms. The molecule has 0 fully saturated rings.